The van der Waals surface area contributed by atoms with E-state index in [1.54, 1.807) is 0 Å². The molecule has 0 saturated heterocycles. The van der Waals surface area contributed by atoms with Crippen molar-refractivity contribution in [3.05, 3.63) is 45.9 Å². The molecule has 1 atom stereocenters. The van der Waals surface area contributed by atoms with Gasteiger partial charge < -0.3 is 9.88 Å². The number of hydrogen-bond acceptors (Lipinski definition) is 2. The fourth-order valence-electron chi connectivity index (χ4n) is 2.91. The molecule has 3 rings (SSSR count). The van der Waals surface area contributed by atoms with Crippen molar-refractivity contribution in [2.75, 3.05) is 6.54 Å². The number of hydrogen-bond donors (Lipinski definition) is 1. The molecule has 2 nitrogen and oxygen atoms in total. The topological polar surface area (TPSA) is 17.0 Å². The predicted octanol–water partition coefficient (Wildman–Crippen LogP) is 4.61. The molecule has 0 amide bonds. The maximum atomic E-state index is 3.73. The van der Waals surface area contributed by atoms with Crippen LogP contribution in [-0.2, 0) is 13.0 Å². The van der Waals surface area contributed by atoms with Crippen LogP contribution in [0.3, 0.4) is 0 Å². The minimum atomic E-state index is 0.570. The van der Waals surface area contributed by atoms with Gasteiger partial charge in [-0.15, -0.1) is 11.3 Å². The zero-order valence-corrected chi connectivity index (χ0v) is 14.0. The Morgan fingerprint density at radius 3 is 2.71 bits per heavy atom. The summed E-state index contributed by atoms with van der Waals surface area (Å²) >= 11 is 1.94. The zero-order chi connectivity index (χ0) is 14.7. The van der Waals surface area contributed by atoms with E-state index in [0.717, 1.165) is 25.4 Å². The van der Waals surface area contributed by atoms with Crippen molar-refractivity contribution in [1.29, 1.82) is 0 Å². The third kappa shape index (κ3) is 3.78. The molecule has 1 saturated carbocycles. The summed E-state index contributed by atoms with van der Waals surface area (Å²) in [5, 5.41) is 3.73. The number of nitrogens with zero attached hydrogens (tertiary/aromatic N) is 1. The first kappa shape index (κ1) is 14.9. The Labute approximate surface area is 132 Å². The predicted molar refractivity (Wildman–Crippen MR) is 91.0 cm³/mol. The molecule has 0 radical (unpaired) electrons. The fourth-order valence-corrected chi connectivity index (χ4v) is 3.87. The average Bonchev–Trinajstić information content (AvgIpc) is 3.06. The van der Waals surface area contributed by atoms with E-state index in [-0.39, 0.29) is 0 Å². The Hall–Kier alpha value is -1.06. The highest BCUT2D eigenvalue weighted by Crippen LogP contribution is 2.41. The molecule has 2 aromatic rings. The van der Waals surface area contributed by atoms with Crippen molar-refractivity contribution in [3.63, 3.8) is 0 Å². The minimum absolute atomic E-state index is 0.570. The summed E-state index contributed by atoms with van der Waals surface area (Å²) in [6, 6.07) is 7.41. The van der Waals surface area contributed by atoms with Crippen LogP contribution in [-0.4, -0.2) is 11.1 Å². The van der Waals surface area contributed by atoms with Gasteiger partial charge in [0.25, 0.3) is 0 Å². The molecule has 2 heterocycles. The van der Waals surface area contributed by atoms with E-state index < -0.39 is 0 Å². The monoisotopic (exact) mass is 302 g/mol. The van der Waals surface area contributed by atoms with E-state index in [2.05, 4.69) is 54.3 Å². The molecule has 2 aromatic heterocycles. The zero-order valence-electron chi connectivity index (χ0n) is 13.1. The molecular weight excluding hydrogens is 276 g/mol. The lowest BCUT2D eigenvalue weighted by Gasteiger charge is -2.16. The van der Waals surface area contributed by atoms with Crippen LogP contribution in [0.1, 0.15) is 54.5 Å². The Morgan fingerprint density at radius 2 is 2.05 bits per heavy atom. The number of nitrogens with one attached hydrogen (secondary N) is 1. The maximum Gasteiger partial charge on any atom is 0.0563 e. The SMILES string of the molecule is CCCNC(c1ccn(Cc2ccc(CC)s2)c1)C1CC1. The summed E-state index contributed by atoms with van der Waals surface area (Å²) < 4.78 is 2.34. The maximum absolute atomic E-state index is 3.73. The second-order valence-corrected chi connectivity index (χ2v) is 7.36. The van der Waals surface area contributed by atoms with E-state index in [9.17, 15) is 0 Å². The first-order valence-corrected chi connectivity index (χ1v) is 9.08. The van der Waals surface area contributed by atoms with Crippen molar-refractivity contribution in [2.24, 2.45) is 5.92 Å². The third-order valence-electron chi connectivity index (χ3n) is 4.24. The van der Waals surface area contributed by atoms with Crippen LogP contribution in [0.25, 0.3) is 0 Å². The summed E-state index contributed by atoms with van der Waals surface area (Å²) in [6.45, 7) is 6.60. The van der Waals surface area contributed by atoms with Crippen molar-refractivity contribution >= 4 is 11.3 Å². The highest BCUT2D eigenvalue weighted by Gasteiger charge is 2.32. The lowest BCUT2D eigenvalue weighted by Crippen LogP contribution is -2.23. The lowest BCUT2D eigenvalue weighted by atomic mass is 10.1. The number of thiophene rings is 1. The van der Waals surface area contributed by atoms with Crippen molar-refractivity contribution in [3.8, 4) is 0 Å². The van der Waals surface area contributed by atoms with Gasteiger partial charge in [0.05, 0.1) is 6.54 Å². The lowest BCUT2D eigenvalue weighted by molar-refractivity contribution is 0.480. The van der Waals surface area contributed by atoms with Gasteiger partial charge >= 0.3 is 0 Å². The van der Waals surface area contributed by atoms with Crippen molar-refractivity contribution in [2.45, 2.75) is 52.1 Å². The van der Waals surface area contributed by atoms with Crippen molar-refractivity contribution < 1.29 is 0 Å². The number of aromatic nitrogens is 1. The van der Waals surface area contributed by atoms with Gasteiger partial charge in [-0.1, -0.05) is 13.8 Å². The van der Waals surface area contributed by atoms with Gasteiger partial charge in [-0.05, 0) is 61.9 Å². The summed E-state index contributed by atoms with van der Waals surface area (Å²) in [5.41, 5.74) is 1.47. The van der Waals surface area contributed by atoms with E-state index in [1.165, 1.54) is 34.6 Å². The van der Waals surface area contributed by atoms with Crippen LogP contribution < -0.4 is 5.32 Å². The van der Waals surface area contributed by atoms with E-state index in [4.69, 9.17) is 0 Å². The van der Waals surface area contributed by atoms with Crippen LogP contribution in [0.5, 0.6) is 0 Å². The van der Waals surface area contributed by atoms with E-state index in [0.29, 0.717) is 6.04 Å². The van der Waals surface area contributed by atoms with Gasteiger partial charge in [-0.25, -0.2) is 0 Å². The minimum Gasteiger partial charge on any atom is -0.349 e. The van der Waals surface area contributed by atoms with Crippen LogP contribution in [0.4, 0.5) is 0 Å². The van der Waals surface area contributed by atoms with Gasteiger partial charge in [-0.3, -0.25) is 0 Å². The summed E-state index contributed by atoms with van der Waals surface area (Å²) in [7, 11) is 0. The molecule has 0 aliphatic heterocycles. The molecule has 3 heteroatoms. The Bertz CT molecular complexity index is 565. The highest BCUT2D eigenvalue weighted by molar-refractivity contribution is 7.11. The van der Waals surface area contributed by atoms with Crippen LogP contribution in [0, 0.1) is 5.92 Å². The molecule has 1 unspecified atom stereocenters. The Morgan fingerprint density at radius 1 is 1.24 bits per heavy atom. The van der Waals surface area contributed by atoms with E-state index >= 15 is 0 Å². The van der Waals surface area contributed by atoms with Crippen LogP contribution >= 0.6 is 11.3 Å². The van der Waals surface area contributed by atoms with Gasteiger partial charge in [-0.2, -0.15) is 0 Å². The summed E-state index contributed by atoms with van der Waals surface area (Å²) in [6.07, 6.45) is 9.71. The molecule has 0 spiro atoms. The second kappa shape index (κ2) is 6.80. The molecule has 0 bridgehead atoms. The molecule has 1 aliphatic rings. The molecular formula is C18H26N2S. The third-order valence-corrected chi connectivity index (χ3v) is 5.46. The summed E-state index contributed by atoms with van der Waals surface area (Å²) in [4.78, 5) is 2.94. The molecule has 114 valence electrons. The average molecular weight is 302 g/mol. The molecule has 1 N–H and O–H groups in total. The Kier molecular flexibility index (Phi) is 4.81. The number of rotatable bonds is 8. The van der Waals surface area contributed by atoms with Gasteiger partial charge in [0.1, 0.15) is 0 Å². The first-order valence-electron chi connectivity index (χ1n) is 8.26. The normalized spacial score (nSPS) is 16.3. The molecule has 0 aromatic carbocycles. The van der Waals surface area contributed by atoms with Crippen LogP contribution in [0.15, 0.2) is 30.6 Å². The van der Waals surface area contributed by atoms with E-state index in [1.807, 2.05) is 11.3 Å². The van der Waals surface area contributed by atoms with Gasteiger partial charge in [0, 0.05) is 28.2 Å². The quantitative estimate of drug-likeness (QED) is 0.753. The fraction of sp³-hybridized carbons (Fsp3) is 0.556. The number of aryl methyl sites for hydroxylation is 1. The summed E-state index contributed by atoms with van der Waals surface area (Å²) in [5.74, 6) is 0.862. The standard InChI is InChI=1S/C18H26N2S/c1-3-10-19-18(14-5-6-14)15-9-11-20(12-15)13-17-8-7-16(4-2)21-17/h7-9,11-12,14,18-19H,3-6,10,13H2,1-2H3. The smallest absolute Gasteiger partial charge is 0.0563 e. The molecule has 1 aliphatic carbocycles. The van der Waals surface area contributed by atoms with Crippen molar-refractivity contribution in [1.82, 2.24) is 9.88 Å². The van der Waals surface area contributed by atoms with Gasteiger partial charge in [0.2, 0.25) is 0 Å². The largest absolute Gasteiger partial charge is 0.349 e. The van der Waals surface area contributed by atoms with Gasteiger partial charge in [0.15, 0.2) is 0 Å². The second-order valence-electron chi connectivity index (χ2n) is 6.11. The first-order chi connectivity index (χ1) is 10.3. The van der Waals surface area contributed by atoms with Crippen LogP contribution in [0.2, 0.25) is 0 Å². The molecule has 21 heavy (non-hydrogen) atoms. The highest BCUT2D eigenvalue weighted by atomic mass is 32.1. The Balaban J connectivity index is 1.66. The molecule has 1 fully saturated rings.